The number of halogens is 1. The summed E-state index contributed by atoms with van der Waals surface area (Å²) in [6.45, 7) is 12.1. The number of hydrogen-bond donors (Lipinski definition) is 3. The number of nitrogens with two attached hydrogens (primary N) is 1. The van der Waals surface area contributed by atoms with E-state index in [0.717, 1.165) is 11.1 Å². The van der Waals surface area contributed by atoms with Crippen molar-refractivity contribution >= 4 is 41.1 Å². The van der Waals surface area contributed by atoms with Gasteiger partial charge in [-0.25, -0.2) is 4.79 Å². The first-order valence-corrected chi connectivity index (χ1v) is 12.7. The van der Waals surface area contributed by atoms with Crippen molar-refractivity contribution in [2.75, 3.05) is 5.32 Å². The number of amides is 4. The lowest BCUT2D eigenvalue weighted by Gasteiger charge is -2.37. The average molecular weight is 545 g/mol. The number of alkyl carbamates (subject to hydrolysis) is 1. The van der Waals surface area contributed by atoms with Crippen LogP contribution in [0.2, 0.25) is 5.02 Å². The van der Waals surface area contributed by atoms with Gasteiger partial charge in [0.25, 0.3) is 5.91 Å². The highest BCUT2D eigenvalue weighted by Gasteiger charge is 2.39. The number of rotatable bonds is 9. The summed E-state index contributed by atoms with van der Waals surface area (Å²) in [6.07, 6.45) is -1.36. The maximum absolute atomic E-state index is 14.0. The molecule has 0 fully saturated rings. The van der Waals surface area contributed by atoms with E-state index in [1.807, 2.05) is 32.0 Å². The van der Waals surface area contributed by atoms with Gasteiger partial charge in [0, 0.05) is 6.04 Å². The van der Waals surface area contributed by atoms with Crippen LogP contribution < -0.4 is 16.4 Å². The Balaban J connectivity index is 2.58. The molecule has 2 rings (SSSR count). The van der Waals surface area contributed by atoms with Crippen molar-refractivity contribution in [3.63, 3.8) is 0 Å². The molecule has 0 saturated carbocycles. The highest BCUT2D eigenvalue weighted by atomic mass is 35.5. The van der Waals surface area contributed by atoms with Crippen molar-refractivity contribution in [1.29, 1.82) is 0 Å². The fourth-order valence-corrected chi connectivity index (χ4v) is 4.27. The van der Waals surface area contributed by atoms with Crippen molar-refractivity contribution in [2.24, 2.45) is 5.73 Å². The molecule has 9 nitrogen and oxygen atoms in total. The number of primary amides is 1. The third-order valence-corrected chi connectivity index (χ3v) is 6.00. The van der Waals surface area contributed by atoms with E-state index < -0.39 is 54.0 Å². The zero-order chi connectivity index (χ0) is 28.8. The Morgan fingerprint density at radius 3 is 2.13 bits per heavy atom. The van der Waals surface area contributed by atoms with Crippen LogP contribution in [0.4, 0.5) is 10.5 Å². The minimum absolute atomic E-state index is 0.350. The van der Waals surface area contributed by atoms with Gasteiger partial charge in [-0.3, -0.25) is 14.4 Å². The van der Waals surface area contributed by atoms with E-state index >= 15 is 0 Å². The number of para-hydroxylation sites is 1. The molecule has 0 aromatic heterocycles. The molecule has 0 radical (unpaired) electrons. The van der Waals surface area contributed by atoms with E-state index in [0.29, 0.717) is 16.3 Å². The quantitative estimate of drug-likeness (QED) is 0.423. The number of carbonyl (C=O) groups excluding carboxylic acids is 4. The first kappa shape index (κ1) is 30.6. The zero-order valence-corrected chi connectivity index (χ0v) is 23.7. The Labute approximate surface area is 229 Å². The van der Waals surface area contributed by atoms with Gasteiger partial charge in [-0.1, -0.05) is 48.0 Å². The normalized spacial score (nSPS) is 12.9. The molecule has 10 heteroatoms. The largest absolute Gasteiger partial charge is 0.444 e. The molecule has 0 aliphatic carbocycles. The zero-order valence-electron chi connectivity index (χ0n) is 22.9. The number of ether oxygens (including phenoxy) is 1. The van der Waals surface area contributed by atoms with E-state index in [9.17, 15) is 19.2 Å². The van der Waals surface area contributed by atoms with Crippen LogP contribution in [0.15, 0.2) is 42.5 Å². The maximum Gasteiger partial charge on any atom is 0.408 e. The Morgan fingerprint density at radius 2 is 1.61 bits per heavy atom. The average Bonchev–Trinajstić information content (AvgIpc) is 2.77. The predicted molar refractivity (Wildman–Crippen MR) is 148 cm³/mol. The van der Waals surface area contributed by atoms with E-state index in [1.165, 1.54) is 4.90 Å². The third kappa shape index (κ3) is 8.21. The van der Waals surface area contributed by atoms with Gasteiger partial charge in [0.2, 0.25) is 11.8 Å². The van der Waals surface area contributed by atoms with Crippen molar-refractivity contribution in [3.05, 3.63) is 64.2 Å². The molecule has 0 bridgehead atoms. The molecule has 206 valence electrons. The van der Waals surface area contributed by atoms with Crippen LogP contribution in [0, 0.1) is 13.8 Å². The van der Waals surface area contributed by atoms with Gasteiger partial charge in [-0.15, -0.1) is 0 Å². The summed E-state index contributed by atoms with van der Waals surface area (Å²) in [6, 6.07) is 9.44. The number of anilines is 1. The second-order valence-corrected chi connectivity index (χ2v) is 10.8. The molecule has 0 saturated heterocycles. The van der Waals surface area contributed by atoms with Crippen molar-refractivity contribution in [1.82, 2.24) is 10.2 Å². The minimum atomic E-state index is -1.36. The number of aryl methyl sites for hydroxylation is 2. The lowest BCUT2D eigenvalue weighted by molar-refractivity contribution is -0.143. The molecule has 2 atom stereocenters. The van der Waals surface area contributed by atoms with Gasteiger partial charge in [0.15, 0.2) is 0 Å². The van der Waals surface area contributed by atoms with Gasteiger partial charge >= 0.3 is 6.09 Å². The van der Waals surface area contributed by atoms with E-state index in [2.05, 4.69) is 10.6 Å². The van der Waals surface area contributed by atoms with Crippen LogP contribution in [0.5, 0.6) is 0 Å². The summed E-state index contributed by atoms with van der Waals surface area (Å²) < 4.78 is 5.29. The molecule has 0 aliphatic heterocycles. The fraction of sp³-hybridized carbons (Fsp3) is 0.429. The summed E-state index contributed by atoms with van der Waals surface area (Å²) in [5, 5.41) is 5.69. The van der Waals surface area contributed by atoms with Crippen LogP contribution in [-0.4, -0.2) is 46.4 Å². The van der Waals surface area contributed by atoms with Gasteiger partial charge in [0.05, 0.1) is 17.1 Å². The smallest absolute Gasteiger partial charge is 0.408 e. The van der Waals surface area contributed by atoms with E-state index in [-0.39, 0.29) is 0 Å². The van der Waals surface area contributed by atoms with Crippen molar-refractivity contribution in [2.45, 2.75) is 78.6 Å². The monoisotopic (exact) mass is 544 g/mol. The predicted octanol–water partition coefficient (Wildman–Crippen LogP) is 4.64. The van der Waals surface area contributed by atoms with Gasteiger partial charge < -0.3 is 26.0 Å². The van der Waals surface area contributed by atoms with Crippen LogP contribution in [-0.2, 0) is 19.1 Å². The van der Waals surface area contributed by atoms with Gasteiger partial charge in [-0.05, 0) is 71.2 Å². The van der Waals surface area contributed by atoms with E-state index in [1.54, 1.807) is 58.9 Å². The topological polar surface area (TPSA) is 131 Å². The second-order valence-electron chi connectivity index (χ2n) is 10.4. The third-order valence-electron chi connectivity index (χ3n) is 5.68. The highest BCUT2D eigenvalue weighted by Crippen LogP contribution is 2.31. The van der Waals surface area contributed by atoms with Crippen LogP contribution in [0.3, 0.4) is 0 Å². The maximum atomic E-state index is 14.0. The lowest BCUT2D eigenvalue weighted by Crippen LogP contribution is -2.55. The van der Waals surface area contributed by atoms with Crippen LogP contribution >= 0.6 is 11.6 Å². The minimum Gasteiger partial charge on any atom is -0.444 e. The standard InChI is InChI=1S/C28H37ClN4O5/c1-16(2)33(26(36)21(15-22(30)34)31-27(37)38-28(5,6)7)24(19-13-9-8-11-17(19)3)25(35)32-23-18(4)12-10-14-20(23)29/h8-14,16,21,24H,15H2,1-7H3,(H2,30,34)(H,31,37)(H,32,35). The Bertz CT molecular complexity index is 1170. The molecule has 4 N–H and O–H groups in total. The van der Waals surface area contributed by atoms with Crippen LogP contribution in [0.25, 0.3) is 0 Å². The first-order chi connectivity index (χ1) is 17.6. The van der Waals surface area contributed by atoms with Gasteiger partial charge in [-0.2, -0.15) is 0 Å². The number of nitrogens with zero attached hydrogens (tertiary/aromatic N) is 1. The molecular formula is C28H37ClN4O5. The summed E-state index contributed by atoms with van der Waals surface area (Å²) in [7, 11) is 0. The summed E-state index contributed by atoms with van der Waals surface area (Å²) >= 11 is 6.37. The van der Waals surface area contributed by atoms with Crippen molar-refractivity contribution < 1.29 is 23.9 Å². The molecule has 0 spiro atoms. The molecular weight excluding hydrogens is 508 g/mol. The molecule has 0 heterocycles. The summed E-state index contributed by atoms with van der Waals surface area (Å²) in [5.41, 5.74) is 7.10. The fourth-order valence-electron chi connectivity index (χ4n) is 4.00. The summed E-state index contributed by atoms with van der Waals surface area (Å²) in [4.78, 5) is 53.7. The Morgan fingerprint density at radius 1 is 1.00 bits per heavy atom. The first-order valence-electron chi connectivity index (χ1n) is 12.3. The molecule has 4 amide bonds. The Kier molecular flexibility index (Phi) is 10.3. The lowest BCUT2D eigenvalue weighted by atomic mass is 9.96. The molecule has 2 unspecified atom stereocenters. The summed E-state index contributed by atoms with van der Waals surface area (Å²) in [5.74, 6) is -1.97. The number of hydrogen-bond acceptors (Lipinski definition) is 5. The number of carbonyl (C=O) groups is 4. The SMILES string of the molecule is Cc1ccccc1C(C(=O)Nc1c(C)cccc1Cl)N(C(=O)C(CC(N)=O)NC(=O)OC(C)(C)C)C(C)C. The molecule has 2 aromatic rings. The molecule has 38 heavy (non-hydrogen) atoms. The highest BCUT2D eigenvalue weighted by molar-refractivity contribution is 6.34. The van der Waals surface area contributed by atoms with E-state index in [4.69, 9.17) is 22.1 Å². The van der Waals surface area contributed by atoms with Crippen LogP contribution in [0.1, 0.15) is 63.8 Å². The van der Waals surface area contributed by atoms with Crippen molar-refractivity contribution in [3.8, 4) is 0 Å². The number of nitrogens with one attached hydrogen (secondary N) is 2. The number of benzene rings is 2. The molecule has 0 aliphatic rings. The second kappa shape index (κ2) is 12.8. The van der Waals surface area contributed by atoms with Gasteiger partial charge in [0.1, 0.15) is 17.7 Å². The Hall–Kier alpha value is -3.59. The molecule has 2 aromatic carbocycles.